The van der Waals surface area contributed by atoms with Crippen LogP contribution < -0.4 is 0 Å². The van der Waals surface area contributed by atoms with E-state index in [0.717, 1.165) is 12.2 Å². The van der Waals surface area contributed by atoms with E-state index in [9.17, 15) is 4.79 Å². The van der Waals surface area contributed by atoms with Crippen molar-refractivity contribution in [3.05, 3.63) is 47.8 Å². The minimum absolute atomic E-state index is 0.0483. The lowest BCUT2D eigenvalue weighted by Crippen LogP contribution is -2.06. The zero-order chi connectivity index (χ0) is 13.8. The minimum Gasteiger partial charge on any atom is -0.493 e. The largest absolute Gasteiger partial charge is 0.493 e. The molecule has 0 aromatic rings. The van der Waals surface area contributed by atoms with E-state index in [0.29, 0.717) is 17.9 Å². The zero-order valence-electron chi connectivity index (χ0n) is 11.3. The highest BCUT2D eigenvalue weighted by Gasteiger charge is 2.04. The van der Waals surface area contributed by atoms with E-state index in [1.807, 2.05) is 44.2 Å². The molecule has 0 amide bonds. The summed E-state index contributed by atoms with van der Waals surface area (Å²) in [6.07, 6.45) is 12.2. The van der Waals surface area contributed by atoms with Crippen molar-refractivity contribution in [1.82, 2.24) is 0 Å². The van der Waals surface area contributed by atoms with Crippen molar-refractivity contribution in [3.8, 4) is 0 Å². The number of hydrogen-bond acceptors (Lipinski definition) is 3. The first-order valence-corrected chi connectivity index (χ1v) is 6.67. The van der Waals surface area contributed by atoms with E-state index in [1.54, 1.807) is 13.0 Å². The fourth-order valence-electron chi connectivity index (χ4n) is 1.21. The van der Waals surface area contributed by atoms with Crippen LogP contribution >= 0.6 is 12.6 Å². The van der Waals surface area contributed by atoms with Gasteiger partial charge in [0.05, 0.1) is 5.76 Å². The van der Waals surface area contributed by atoms with Gasteiger partial charge in [0.25, 0.3) is 0 Å². The van der Waals surface area contributed by atoms with Gasteiger partial charge in [0.1, 0.15) is 6.61 Å². The standard InChI is InChI=1S/C15H22O2S/c1-4-6-7-8-9-15(10-11-18)17-12-14(5-2)13(3)16/h4-9,18H,10-12H2,1-3H3/b6-4-,8-7-,14-5+,15-9+. The Hall–Kier alpha value is -1.22. The Morgan fingerprint density at radius 2 is 1.94 bits per heavy atom. The van der Waals surface area contributed by atoms with Crippen LogP contribution in [-0.4, -0.2) is 18.1 Å². The maximum absolute atomic E-state index is 11.2. The highest BCUT2D eigenvalue weighted by atomic mass is 32.1. The summed E-state index contributed by atoms with van der Waals surface area (Å²) in [6, 6.07) is 0. The van der Waals surface area contributed by atoms with E-state index < -0.39 is 0 Å². The average molecular weight is 266 g/mol. The van der Waals surface area contributed by atoms with Crippen LogP contribution in [0.15, 0.2) is 47.8 Å². The first-order chi connectivity index (χ1) is 8.65. The van der Waals surface area contributed by atoms with Gasteiger partial charge in [-0.15, -0.1) is 0 Å². The Morgan fingerprint density at radius 3 is 2.44 bits per heavy atom. The van der Waals surface area contributed by atoms with Crippen molar-refractivity contribution in [2.24, 2.45) is 0 Å². The van der Waals surface area contributed by atoms with Gasteiger partial charge in [0.2, 0.25) is 0 Å². The molecule has 100 valence electrons. The van der Waals surface area contributed by atoms with Crippen LogP contribution in [0.2, 0.25) is 0 Å². The van der Waals surface area contributed by atoms with E-state index in [-0.39, 0.29) is 5.78 Å². The van der Waals surface area contributed by atoms with Gasteiger partial charge in [-0.1, -0.05) is 30.4 Å². The third-order valence-corrected chi connectivity index (χ3v) is 2.49. The maximum Gasteiger partial charge on any atom is 0.158 e. The number of rotatable bonds is 8. The fourth-order valence-corrected chi connectivity index (χ4v) is 1.43. The zero-order valence-corrected chi connectivity index (χ0v) is 12.2. The van der Waals surface area contributed by atoms with Gasteiger partial charge in [0, 0.05) is 12.0 Å². The topological polar surface area (TPSA) is 26.3 Å². The third kappa shape index (κ3) is 7.96. The number of carbonyl (C=O) groups excluding carboxylic acids is 1. The smallest absolute Gasteiger partial charge is 0.158 e. The molecule has 2 nitrogen and oxygen atoms in total. The quantitative estimate of drug-likeness (QED) is 0.312. The molecule has 0 spiro atoms. The molecule has 0 saturated carbocycles. The molecule has 0 aromatic carbocycles. The SMILES string of the molecule is C\C=C/C=C\C=C(/CCS)OC/C(=C\C)C(C)=O. The highest BCUT2D eigenvalue weighted by Crippen LogP contribution is 2.08. The predicted molar refractivity (Wildman–Crippen MR) is 80.9 cm³/mol. The molecule has 0 rings (SSSR count). The molecule has 0 aromatic heterocycles. The third-order valence-electron chi connectivity index (χ3n) is 2.27. The monoisotopic (exact) mass is 266 g/mol. The lowest BCUT2D eigenvalue weighted by molar-refractivity contribution is -0.114. The fraction of sp³-hybridized carbons (Fsp3) is 0.400. The number of ether oxygens (including phenoxy) is 1. The van der Waals surface area contributed by atoms with Crippen molar-refractivity contribution >= 4 is 18.4 Å². The first kappa shape index (κ1) is 16.8. The Balaban J connectivity index is 4.48. The maximum atomic E-state index is 11.2. The van der Waals surface area contributed by atoms with Crippen LogP contribution in [0.4, 0.5) is 0 Å². The predicted octanol–water partition coefficient (Wildman–Crippen LogP) is 3.87. The van der Waals surface area contributed by atoms with Gasteiger partial charge in [-0.25, -0.2) is 0 Å². The number of allylic oxidation sites excluding steroid dienone is 7. The van der Waals surface area contributed by atoms with Gasteiger partial charge in [-0.3, -0.25) is 4.79 Å². The Bertz CT molecular complexity index is 363. The summed E-state index contributed by atoms with van der Waals surface area (Å²) in [5.74, 6) is 1.60. The number of Topliss-reactive ketones (excluding diaryl/α,β-unsaturated/α-hetero) is 1. The molecular formula is C15H22O2S. The number of hydrogen-bond donors (Lipinski definition) is 1. The summed E-state index contributed by atoms with van der Waals surface area (Å²) in [6.45, 7) is 5.67. The van der Waals surface area contributed by atoms with Crippen molar-refractivity contribution in [2.45, 2.75) is 27.2 Å². The van der Waals surface area contributed by atoms with Crippen LogP contribution in [0.5, 0.6) is 0 Å². The van der Waals surface area contributed by atoms with E-state index in [1.165, 1.54) is 0 Å². The van der Waals surface area contributed by atoms with Gasteiger partial charge < -0.3 is 4.74 Å². The van der Waals surface area contributed by atoms with E-state index in [4.69, 9.17) is 4.74 Å². The van der Waals surface area contributed by atoms with E-state index in [2.05, 4.69) is 12.6 Å². The van der Waals surface area contributed by atoms with Crippen LogP contribution in [0, 0.1) is 0 Å². The molecular weight excluding hydrogens is 244 g/mol. The highest BCUT2D eigenvalue weighted by molar-refractivity contribution is 7.80. The Morgan fingerprint density at radius 1 is 1.22 bits per heavy atom. The van der Waals surface area contributed by atoms with Crippen LogP contribution in [0.3, 0.4) is 0 Å². The number of ketones is 1. The molecule has 18 heavy (non-hydrogen) atoms. The number of carbonyl (C=O) groups is 1. The molecule has 3 heteroatoms. The van der Waals surface area contributed by atoms with Crippen molar-refractivity contribution < 1.29 is 9.53 Å². The average Bonchev–Trinajstić information content (AvgIpc) is 2.34. The second kappa shape index (κ2) is 10.9. The lowest BCUT2D eigenvalue weighted by Gasteiger charge is -2.09. The number of thiol groups is 1. The molecule has 0 saturated heterocycles. The van der Waals surface area contributed by atoms with Gasteiger partial charge in [0.15, 0.2) is 5.78 Å². The summed E-state index contributed by atoms with van der Waals surface area (Å²) < 4.78 is 5.62. The Kier molecular flexibility index (Phi) is 10.2. The van der Waals surface area contributed by atoms with Crippen molar-refractivity contribution in [2.75, 3.05) is 12.4 Å². The Labute approximate surface area is 116 Å². The van der Waals surface area contributed by atoms with Gasteiger partial charge >= 0.3 is 0 Å². The van der Waals surface area contributed by atoms with Crippen LogP contribution in [-0.2, 0) is 9.53 Å². The molecule has 0 atom stereocenters. The molecule has 0 unspecified atom stereocenters. The summed E-state index contributed by atoms with van der Waals surface area (Å²) in [7, 11) is 0. The van der Waals surface area contributed by atoms with Crippen LogP contribution in [0.25, 0.3) is 0 Å². The molecule has 0 radical (unpaired) electrons. The second-order valence-electron chi connectivity index (χ2n) is 3.68. The van der Waals surface area contributed by atoms with Crippen molar-refractivity contribution in [3.63, 3.8) is 0 Å². The molecule has 0 bridgehead atoms. The summed E-state index contributed by atoms with van der Waals surface area (Å²) >= 11 is 4.19. The molecule has 0 fully saturated rings. The summed E-state index contributed by atoms with van der Waals surface area (Å²) in [4.78, 5) is 11.2. The lowest BCUT2D eigenvalue weighted by atomic mass is 10.2. The summed E-state index contributed by atoms with van der Waals surface area (Å²) in [5, 5.41) is 0. The minimum atomic E-state index is 0.0483. The molecule has 0 aliphatic carbocycles. The molecule has 0 aliphatic rings. The summed E-state index contributed by atoms with van der Waals surface area (Å²) in [5.41, 5.74) is 0.692. The van der Waals surface area contributed by atoms with Gasteiger partial charge in [-0.05, 0) is 32.6 Å². The second-order valence-corrected chi connectivity index (χ2v) is 4.12. The molecule has 0 heterocycles. The molecule has 0 aliphatic heterocycles. The molecule has 0 N–H and O–H groups in total. The van der Waals surface area contributed by atoms with Crippen LogP contribution in [0.1, 0.15) is 27.2 Å². The first-order valence-electron chi connectivity index (χ1n) is 6.04. The normalized spacial score (nSPS) is 13.6. The van der Waals surface area contributed by atoms with Gasteiger partial charge in [-0.2, -0.15) is 12.6 Å². The van der Waals surface area contributed by atoms with E-state index >= 15 is 0 Å². The van der Waals surface area contributed by atoms with Crippen molar-refractivity contribution in [1.29, 1.82) is 0 Å².